The highest BCUT2D eigenvalue weighted by Gasteiger charge is 2.14. The number of carbonyl (C=O) groups excluding carboxylic acids is 1. The number of amides is 1. The molecule has 0 unspecified atom stereocenters. The first-order valence-electron chi connectivity index (χ1n) is 5.73. The lowest BCUT2D eigenvalue weighted by Gasteiger charge is -2.08. The van der Waals surface area contributed by atoms with Crippen LogP contribution in [0.3, 0.4) is 0 Å². The molecule has 0 atom stereocenters. The van der Waals surface area contributed by atoms with Crippen LogP contribution in [0, 0.1) is 16.8 Å². The number of hydrogen-bond donors (Lipinski definition) is 1. The number of anilines is 1. The number of hydrogen-bond acceptors (Lipinski definition) is 3. The topological polar surface area (TPSA) is 56.0 Å². The molecule has 8 heteroatoms. The third-order valence-corrected chi connectivity index (χ3v) is 4.05. The number of carbonyl (C=O) groups is 1. The summed E-state index contributed by atoms with van der Waals surface area (Å²) < 4.78 is 27.2. The van der Waals surface area contributed by atoms with Gasteiger partial charge in [0.15, 0.2) is 12.0 Å². The number of thioether (sulfide) groups is 1. The third-order valence-electron chi connectivity index (χ3n) is 2.41. The summed E-state index contributed by atoms with van der Waals surface area (Å²) >= 11 is 3.99. The van der Waals surface area contributed by atoms with E-state index >= 15 is 0 Å². The maximum atomic E-state index is 13.6. The number of rotatable bonds is 4. The van der Waals surface area contributed by atoms with Crippen LogP contribution in [0.15, 0.2) is 46.0 Å². The molecule has 0 aliphatic rings. The molecule has 0 aliphatic heterocycles. The van der Waals surface area contributed by atoms with E-state index in [4.69, 9.17) is 0 Å². The third kappa shape index (κ3) is 4.15. The van der Waals surface area contributed by atoms with Crippen molar-refractivity contribution >= 4 is 39.3 Å². The first kappa shape index (κ1) is 15.7. The molecule has 2 rings (SSSR count). The minimum Gasteiger partial charge on any atom is -0.618 e. The monoisotopic (exact) mass is 374 g/mol. The molecular formula is C13H9BrF2N2O2S. The smallest absolute Gasteiger partial charge is 0.251 e. The van der Waals surface area contributed by atoms with Gasteiger partial charge in [-0.25, -0.2) is 8.78 Å². The van der Waals surface area contributed by atoms with Gasteiger partial charge < -0.3 is 10.5 Å². The molecule has 1 N–H and O–H groups in total. The maximum Gasteiger partial charge on any atom is 0.251 e. The van der Waals surface area contributed by atoms with Gasteiger partial charge in [0.25, 0.3) is 5.03 Å². The SMILES string of the molecule is O=C(CSc1cccc[n+]1[O-])Nc1c(F)cc(F)cc1Br. The summed E-state index contributed by atoms with van der Waals surface area (Å²) in [4.78, 5) is 11.8. The highest BCUT2D eigenvalue weighted by Crippen LogP contribution is 2.27. The second kappa shape index (κ2) is 6.86. The summed E-state index contributed by atoms with van der Waals surface area (Å²) in [6.45, 7) is 0. The van der Waals surface area contributed by atoms with Crippen LogP contribution in [0.25, 0.3) is 0 Å². The van der Waals surface area contributed by atoms with Crippen LogP contribution in [-0.4, -0.2) is 11.7 Å². The summed E-state index contributed by atoms with van der Waals surface area (Å²) in [6.07, 6.45) is 1.32. The fourth-order valence-electron chi connectivity index (χ4n) is 1.50. The van der Waals surface area contributed by atoms with Crippen molar-refractivity contribution in [1.29, 1.82) is 0 Å². The minimum absolute atomic E-state index is 0.0739. The number of pyridine rings is 1. The first-order valence-corrected chi connectivity index (χ1v) is 7.50. The highest BCUT2D eigenvalue weighted by atomic mass is 79.9. The molecule has 0 saturated carbocycles. The summed E-state index contributed by atoms with van der Waals surface area (Å²) in [5, 5.41) is 14.1. The Kier molecular flexibility index (Phi) is 5.13. The number of benzene rings is 1. The maximum absolute atomic E-state index is 13.6. The average Bonchev–Trinajstić information content (AvgIpc) is 2.42. The second-order valence-corrected chi connectivity index (χ2v) is 5.80. The average molecular weight is 375 g/mol. The lowest BCUT2D eigenvalue weighted by atomic mass is 10.3. The molecule has 1 aromatic carbocycles. The van der Waals surface area contributed by atoms with E-state index < -0.39 is 17.5 Å². The van der Waals surface area contributed by atoms with Gasteiger partial charge in [-0.1, -0.05) is 0 Å². The Morgan fingerprint density at radius 3 is 2.81 bits per heavy atom. The molecule has 0 bridgehead atoms. The molecule has 1 aromatic heterocycles. The van der Waals surface area contributed by atoms with E-state index in [1.165, 1.54) is 6.20 Å². The van der Waals surface area contributed by atoms with Gasteiger partial charge in [0.1, 0.15) is 5.82 Å². The number of nitrogens with zero attached hydrogens (tertiary/aromatic N) is 1. The van der Waals surface area contributed by atoms with Crippen LogP contribution in [0.5, 0.6) is 0 Å². The lowest BCUT2D eigenvalue weighted by Crippen LogP contribution is -2.28. The predicted molar refractivity (Wildman–Crippen MR) is 78.8 cm³/mol. The lowest BCUT2D eigenvalue weighted by molar-refractivity contribution is -0.645. The van der Waals surface area contributed by atoms with Gasteiger partial charge in [0, 0.05) is 22.7 Å². The van der Waals surface area contributed by atoms with Crippen LogP contribution in [-0.2, 0) is 4.79 Å². The summed E-state index contributed by atoms with van der Waals surface area (Å²) in [5.41, 5.74) is -0.134. The molecule has 0 fully saturated rings. The zero-order chi connectivity index (χ0) is 15.4. The van der Waals surface area contributed by atoms with Crippen molar-refractivity contribution in [3.63, 3.8) is 0 Å². The summed E-state index contributed by atoms with van der Waals surface area (Å²) in [5.74, 6) is -2.20. The van der Waals surface area contributed by atoms with E-state index in [2.05, 4.69) is 21.2 Å². The zero-order valence-electron chi connectivity index (χ0n) is 10.5. The Morgan fingerprint density at radius 1 is 1.38 bits per heavy atom. The number of aromatic nitrogens is 1. The fourth-order valence-corrected chi connectivity index (χ4v) is 2.72. The van der Waals surface area contributed by atoms with Crippen LogP contribution < -0.4 is 10.0 Å². The first-order chi connectivity index (χ1) is 9.97. The molecule has 0 saturated heterocycles. The van der Waals surface area contributed by atoms with Crippen molar-refractivity contribution in [2.45, 2.75) is 5.03 Å². The Labute approximate surface area is 131 Å². The molecule has 110 valence electrons. The van der Waals surface area contributed by atoms with Crippen molar-refractivity contribution in [1.82, 2.24) is 0 Å². The van der Waals surface area contributed by atoms with Crippen molar-refractivity contribution < 1.29 is 18.3 Å². The predicted octanol–water partition coefficient (Wildman–Crippen LogP) is 3.09. The molecule has 21 heavy (non-hydrogen) atoms. The van der Waals surface area contributed by atoms with Crippen LogP contribution >= 0.6 is 27.7 Å². The van der Waals surface area contributed by atoms with Crippen LogP contribution in [0.2, 0.25) is 0 Å². The molecule has 1 heterocycles. The molecule has 1 amide bonds. The Hall–Kier alpha value is -1.67. The normalized spacial score (nSPS) is 10.4. The quantitative estimate of drug-likeness (QED) is 0.508. The number of nitrogens with one attached hydrogen (secondary N) is 1. The van der Waals surface area contributed by atoms with Crippen molar-refractivity contribution in [3.8, 4) is 0 Å². The standard InChI is InChI=1S/C13H9BrF2N2O2S/c14-9-5-8(15)6-10(16)13(9)17-11(19)7-21-12-3-1-2-4-18(12)20/h1-6H,7H2,(H,17,19). The Bertz CT molecular complexity index is 662. The molecule has 0 aliphatic carbocycles. The van der Waals surface area contributed by atoms with E-state index in [1.807, 2.05) is 0 Å². The minimum atomic E-state index is -0.876. The van der Waals surface area contributed by atoms with Gasteiger partial charge in [0.2, 0.25) is 5.91 Å². The van der Waals surface area contributed by atoms with E-state index in [0.29, 0.717) is 15.8 Å². The molecule has 2 aromatic rings. The van der Waals surface area contributed by atoms with E-state index in [-0.39, 0.29) is 15.9 Å². The fraction of sp³-hybridized carbons (Fsp3) is 0.0769. The van der Waals surface area contributed by atoms with Gasteiger partial charge in [-0.05, 0) is 39.8 Å². The second-order valence-electron chi connectivity index (χ2n) is 3.95. The van der Waals surface area contributed by atoms with Crippen molar-refractivity contribution in [2.24, 2.45) is 0 Å². The molecule has 0 spiro atoms. The number of halogens is 3. The molecule has 4 nitrogen and oxygen atoms in total. The molecule has 0 radical (unpaired) electrons. The van der Waals surface area contributed by atoms with Crippen molar-refractivity contribution in [3.05, 3.63) is 57.8 Å². The highest BCUT2D eigenvalue weighted by molar-refractivity contribution is 9.10. The Morgan fingerprint density at radius 2 is 2.14 bits per heavy atom. The van der Waals surface area contributed by atoms with Gasteiger partial charge in [0.05, 0.1) is 11.4 Å². The summed E-state index contributed by atoms with van der Waals surface area (Å²) in [6, 6.07) is 6.54. The van der Waals surface area contributed by atoms with Gasteiger partial charge in [-0.3, -0.25) is 4.79 Å². The van der Waals surface area contributed by atoms with Gasteiger partial charge in [-0.15, -0.1) is 0 Å². The Balaban J connectivity index is 2.01. The van der Waals surface area contributed by atoms with E-state index in [0.717, 1.165) is 17.8 Å². The van der Waals surface area contributed by atoms with Crippen LogP contribution in [0.4, 0.5) is 14.5 Å². The van der Waals surface area contributed by atoms with Crippen molar-refractivity contribution in [2.75, 3.05) is 11.1 Å². The largest absolute Gasteiger partial charge is 0.618 e. The van der Waals surface area contributed by atoms with Gasteiger partial charge >= 0.3 is 0 Å². The summed E-state index contributed by atoms with van der Waals surface area (Å²) in [7, 11) is 0. The van der Waals surface area contributed by atoms with Crippen LogP contribution in [0.1, 0.15) is 0 Å². The van der Waals surface area contributed by atoms with Gasteiger partial charge in [-0.2, -0.15) is 4.73 Å². The van der Waals surface area contributed by atoms with E-state index in [1.54, 1.807) is 18.2 Å². The van der Waals surface area contributed by atoms with E-state index in [9.17, 15) is 18.8 Å². The molecular weight excluding hydrogens is 366 g/mol. The zero-order valence-corrected chi connectivity index (χ0v) is 12.9.